The number of rotatable bonds is 6. The van der Waals surface area contributed by atoms with Crippen molar-refractivity contribution in [3.8, 4) is 11.5 Å². The number of H-pyrrole nitrogens is 1. The summed E-state index contributed by atoms with van der Waals surface area (Å²) in [7, 11) is 0. The Morgan fingerprint density at radius 3 is 3.00 bits per heavy atom. The van der Waals surface area contributed by atoms with Gasteiger partial charge in [0.25, 0.3) is 11.1 Å². The zero-order valence-corrected chi connectivity index (χ0v) is 14.7. The first-order valence-electron chi connectivity index (χ1n) is 8.06. The number of carbonyl (C=O) groups excluding carboxylic acids is 1. The van der Waals surface area contributed by atoms with Gasteiger partial charge < -0.3 is 19.1 Å². The monoisotopic (exact) mass is 368 g/mol. The topological polar surface area (TPSA) is 97.0 Å². The maximum absolute atomic E-state index is 12.1. The molecule has 3 heterocycles. The van der Waals surface area contributed by atoms with Gasteiger partial charge in [-0.1, -0.05) is 30.0 Å². The first-order chi connectivity index (χ1) is 12.7. The lowest BCUT2D eigenvalue weighted by atomic mass is 10.2. The maximum atomic E-state index is 12.1. The van der Waals surface area contributed by atoms with E-state index < -0.39 is 0 Å². The molecule has 1 amide bonds. The number of nitrogens with zero attached hydrogens (tertiary/aromatic N) is 2. The molecule has 0 aliphatic carbocycles. The molecule has 4 aromatic rings. The molecule has 1 atom stereocenters. The van der Waals surface area contributed by atoms with Crippen molar-refractivity contribution in [2.45, 2.75) is 18.2 Å². The third kappa shape index (κ3) is 3.36. The number of aromatic amines is 1. The Kier molecular flexibility index (Phi) is 4.49. The van der Waals surface area contributed by atoms with Gasteiger partial charge in [-0.3, -0.25) is 4.79 Å². The molecule has 0 fully saturated rings. The van der Waals surface area contributed by atoms with Crippen LogP contribution in [-0.4, -0.2) is 26.8 Å². The molecule has 0 radical (unpaired) electrons. The Hall–Kier alpha value is -3.00. The van der Waals surface area contributed by atoms with E-state index in [4.69, 9.17) is 8.83 Å². The van der Waals surface area contributed by atoms with E-state index in [1.54, 1.807) is 12.3 Å². The summed E-state index contributed by atoms with van der Waals surface area (Å²) in [6, 6.07) is 11.3. The lowest BCUT2D eigenvalue weighted by Crippen LogP contribution is -2.27. The predicted molar refractivity (Wildman–Crippen MR) is 97.6 cm³/mol. The average molecular weight is 368 g/mol. The first kappa shape index (κ1) is 16.5. The highest BCUT2D eigenvalue weighted by molar-refractivity contribution is 7.99. The van der Waals surface area contributed by atoms with Crippen LogP contribution in [0.15, 0.2) is 62.9 Å². The van der Waals surface area contributed by atoms with Crippen LogP contribution in [0.2, 0.25) is 0 Å². The number of thioether (sulfide) groups is 1. The normalized spacial score (nSPS) is 12.3. The third-order valence-electron chi connectivity index (χ3n) is 3.90. The molecule has 2 N–H and O–H groups in total. The van der Waals surface area contributed by atoms with Crippen LogP contribution in [-0.2, 0) is 4.79 Å². The van der Waals surface area contributed by atoms with E-state index in [9.17, 15) is 4.79 Å². The SMILES string of the molecule is C[C@H](NC(=O)CSc1nnc(-c2c[nH]c3ccccc23)o1)c1ccco1. The Bertz CT molecular complexity index is 1020. The standard InChI is InChI=1S/C18H16N4O3S/c1-11(15-7-4-8-24-15)20-16(23)10-26-18-22-21-17(25-18)13-9-19-14-6-3-2-5-12(13)14/h2-9,11,19H,10H2,1H3,(H,20,23)/t11-/m0/s1. The molecule has 0 unspecified atom stereocenters. The van der Waals surface area contributed by atoms with Crippen LogP contribution in [0.5, 0.6) is 0 Å². The van der Waals surface area contributed by atoms with Crippen LogP contribution in [0.4, 0.5) is 0 Å². The first-order valence-corrected chi connectivity index (χ1v) is 9.05. The summed E-state index contributed by atoms with van der Waals surface area (Å²) in [6.07, 6.45) is 3.42. The van der Waals surface area contributed by atoms with Gasteiger partial charge in [0.2, 0.25) is 5.91 Å². The zero-order chi connectivity index (χ0) is 17.9. The van der Waals surface area contributed by atoms with Crippen LogP contribution in [0, 0.1) is 0 Å². The summed E-state index contributed by atoms with van der Waals surface area (Å²) >= 11 is 1.20. The number of hydrogen-bond acceptors (Lipinski definition) is 6. The average Bonchev–Trinajstić information content (AvgIpc) is 3.39. The number of aromatic nitrogens is 3. The number of benzene rings is 1. The Balaban J connectivity index is 1.39. The summed E-state index contributed by atoms with van der Waals surface area (Å²) in [5.41, 5.74) is 1.84. The molecule has 0 aliphatic heterocycles. The maximum Gasteiger partial charge on any atom is 0.277 e. The van der Waals surface area contributed by atoms with Crippen molar-refractivity contribution in [1.82, 2.24) is 20.5 Å². The second-order valence-electron chi connectivity index (χ2n) is 5.71. The van der Waals surface area contributed by atoms with Crippen LogP contribution in [0.25, 0.3) is 22.4 Å². The highest BCUT2D eigenvalue weighted by Gasteiger charge is 2.16. The molecule has 0 spiro atoms. The molecule has 0 saturated carbocycles. The molecule has 7 nitrogen and oxygen atoms in total. The predicted octanol–water partition coefficient (Wildman–Crippen LogP) is 3.78. The van der Waals surface area contributed by atoms with E-state index in [-0.39, 0.29) is 17.7 Å². The molecular weight excluding hydrogens is 352 g/mol. The van der Waals surface area contributed by atoms with Gasteiger partial charge in [0.15, 0.2) is 0 Å². The summed E-state index contributed by atoms with van der Waals surface area (Å²) < 4.78 is 11.0. The lowest BCUT2D eigenvalue weighted by molar-refractivity contribution is -0.119. The van der Waals surface area contributed by atoms with Gasteiger partial charge in [0.05, 0.1) is 23.6 Å². The summed E-state index contributed by atoms with van der Waals surface area (Å²) in [4.78, 5) is 15.2. The number of amides is 1. The lowest BCUT2D eigenvalue weighted by Gasteiger charge is -2.10. The minimum atomic E-state index is -0.192. The highest BCUT2D eigenvalue weighted by Crippen LogP contribution is 2.29. The van der Waals surface area contributed by atoms with Crippen molar-refractivity contribution in [2.24, 2.45) is 0 Å². The minimum Gasteiger partial charge on any atom is -0.467 e. The Morgan fingerprint density at radius 2 is 2.15 bits per heavy atom. The van der Waals surface area contributed by atoms with Crippen molar-refractivity contribution in [1.29, 1.82) is 0 Å². The summed E-state index contributed by atoms with van der Waals surface area (Å²) in [5.74, 6) is 1.18. The second-order valence-corrected chi connectivity index (χ2v) is 6.64. The van der Waals surface area contributed by atoms with Gasteiger partial charge in [-0.05, 0) is 25.1 Å². The number of carbonyl (C=O) groups is 1. The number of hydrogen-bond donors (Lipinski definition) is 2. The van der Waals surface area contributed by atoms with Crippen molar-refractivity contribution in [3.05, 3.63) is 54.6 Å². The van der Waals surface area contributed by atoms with Crippen LogP contribution < -0.4 is 5.32 Å². The fraction of sp³-hybridized carbons (Fsp3) is 0.167. The van der Waals surface area contributed by atoms with Gasteiger partial charge in [-0.15, -0.1) is 10.2 Å². The highest BCUT2D eigenvalue weighted by atomic mass is 32.2. The number of fused-ring (bicyclic) bond motifs is 1. The van der Waals surface area contributed by atoms with Crippen molar-refractivity contribution in [3.63, 3.8) is 0 Å². The smallest absolute Gasteiger partial charge is 0.277 e. The van der Waals surface area contributed by atoms with Crippen LogP contribution in [0.3, 0.4) is 0 Å². The van der Waals surface area contributed by atoms with E-state index in [2.05, 4.69) is 20.5 Å². The van der Waals surface area contributed by atoms with Crippen LogP contribution >= 0.6 is 11.8 Å². The van der Waals surface area contributed by atoms with Gasteiger partial charge in [0.1, 0.15) is 5.76 Å². The number of nitrogens with one attached hydrogen (secondary N) is 2. The minimum absolute atomic E-state index is 0.134. The van der Waals surface area contributed by atoms with Crippen molar-refractivity contribution >= 4 is 28.6 Å². The second kappa shape index (κ2) is 7.09. The molecule has 3 aromatic heterocycles. The Labute approximate surface area is 153 Å². The van der Waals surface area contributed by atoms with E-state index in [1.165, 1.54) is 11.8 Å². The summed E-state index contributed by atoms with van der Waals surface area (Å²) in [5, 5.41) is 12.3. The molecule has 0 aliphatic rings. The van der Waals surface area contributed by atoms with E-state index in [0.29, 0.717) is 16.9 Å². The molecule has 132 valence electrons. The quantitative estimate of drug-likeness (QED) is 0.503. The van der Waals surface area contributed by atoms with Crippen molar-refractivity contribution < 1.29 is 13.6 Å². The van der Waals surface area contributed by atoms with Gasteiger partial charge >= 0.3 is 0 Å². The molecule has 0 saturated heterocycles. The summed E-state index contributed by atoms with van der Waals surface area (Å²) in [6.45, 7) is 1.86. The van der Waals surface area contributed by atoms with Crippen molar-refractivity contribution in [2.75, 3.05) is 5.75 Å². The third-order valence-corrected chi connectivity index (χ3v) is 4.72. The zero-order valence-electron chi connectivity index (χ0n) is 13.9. The molecular formula is C18H16N4O3S. The number of para-hydroxylation sites is 1. The van der Waals surface area contributed by atoms with Gasteiger partial charge in [0, 0.05) is 17.1 Å². The molecule has 4 rings (SSSR count). The van der Waals surface area contributed by atoms with Crippen LogP contribution in [0.1, 0.15) is 18.7 Å². The molecule has 1 aromatic carbocycles. The fourth-order valence-electron chi connectivity index (χ4n) is 2.64. The molecule has 0 bridgehead atoms. The van der Waals surface area contributed by atoms with E-state index >= 15 is 0 Å². The van der Waals surface area contributed by atoms with E-state index in [1.807, 2.05) is 43.5 Å². The fourth-order valence-corrected chi connectivity index (χ4v) is 3.22. The molecule has 8 heteroatoms. The van der Waals surface area contributed by atoms with E-state index in [0.717, 1.165) is 16.5 Å². The van der Waals surface area contributed by atoms with Gasteiger partial charge in [-0.25, -0.2) is 0 Å². The molecule has 26 heavy (non-hydrogen) atoms. The Morgan fingerprint density at radius 1 is 1.27 bits per heavy atom. The van der Waals surface area contributed by atoms with Gasteiger partial charge in [-0.2, -0.15) is 0 Å². The number of furan rings is 1. The largest absolute Gasteiger partial charge is 0.467 e.